The number of nitrogens with zero attached hydrogens (tertiary/aromatic N) is 5. The molecule has 1 fully saturated rings. The van der Waals surface area contributed by atoms with Crippen LogP contribution in [0.25, 0.3) is 0 Å². The van der Waals surface area contributed by atoms with Crippen molar-refractivity contribution >= 4 is 23.4 Å². The molecular weight excluding hydrogens is 328 g/mol. The Hall–Kier alpha value is -2.13. The van der Waals surface area contributed by atoms with Gasteiger partial charge in [0.15, 0.2) is 0 Å². The van der Waals surface area contributed by atoms with Gasteiger partial charge < -0.3 is 15.3 Å². The van der Waals surface area contributed by atoms with Crippen LogP contribution in [-0.2, 0) is 0 Å². The largest absolute Gasteiger partial charge is 0.386 e. The first-order valence-corrected chi connectivity index (χ1v) is 8.61. The Morgan fingerprint density at radius 1 is 1.46 bits per heavy atom. The summed E-state index contributed by atoms with van der Waals surface area (Å²) in [5, 5.41) is 17.5. The lowest BCUT2D eigenvalue weighted by molar-refractivity contribution is 0.0576. The predicted molar refractivity (Wildman–Crippen MR) is 90.1 cm³/mol. The lowest BCUT2D eigenvalue weighted by atomic mass is 10.0. The molecule has 3 heterocycles. The summed E-state index contributed by atoms with van der Waals surface area (Å²) in [6, 6.07) is 1.75. The molecule has 1 atom stereocenters. The summed E-state index contributed by atoms with van der Waals surface area (Å²) in [4.78, 5) is 23.2. The fourth-order valence-electron chi connectivity index (χ4n) is 2.68. The Balaban J connectivity index is 1.60. The van der Waals surface area contributed by atoms with Crippen LogP contribution in [0.5, 0.6) is 0 Å². The van der Waals surface area contributed by atoms with Gasteiger partial charge in [-0.1, -0.05) is 18.3 Å². The van der Waals surface area contributed by atoms with E-state index in [1.165, 1.54) is 0 Å². The van der Waals surface area contributed by atoms with Gasteiger partial charge in [-0.3, -0.25) is 4.79 Å². The van der Waals surface area contributed by atoms with Gasteiger partial charge >= 0.3 is 0 Å². The van der Waals surface area contributed by atoms with Crippen LogP contribution in [-0.4, -0.2) is 55.8 Å². The second-order valence-electron chi connectivity index (χ2n) is 6.27. The van der Waals surface area contributed by atoms with Gasteiger partial charge in [-0.25, -0.2) is 9.97 Å². The highest BCUT2D eigenvalue weighted by Crippen LogP contribution is 2.24. The molecule has 1 saturated heterocycles. The summed E-state index contributed by atoms with van der Waals surface area (Å²) in [5.41, 5.74) is -0.305. The van der Waals surface area contributed by atoms with Crippen LogP contribution in [0.15, 0.2) is 18.5 Å². The van der Waals surface area contributed by atoms with E-state index in [2.05, 4.69) is 24.9 Å². The van der Waals surface area contributed by atoms with Gasteiger partial charge in [0, 0.05) is 25.5 Å². The molecule has 1 aliphatic rings. The SMILES string of the molecule is CC(C)c1nnsc1C(=O)NC[C@]1(O)CCN(c2ncccn2)C1. The molecule has 9 heteroatoms. The molecule has 128 valence electrons. The highest BCUT2D eigenvalue weighted by molar-refractivity contribution is 7.08. The number of amides is 1. The van der Waals surface area contributed by atoms with E-state index in [1.807, 2.05) is 18.7 Å². The van der Waals surface area contributed by atoms with E-state index < -0.39 is 5.60 Å². The van der Waals surface area contributed by atoms with E-state index in [1.54, 1.807) is 18.5 Å². The Bertz CT molecular complexity index is 707. The fraction of sp³-hybridized carbons (Fsp3) is 0.533. The first kappa shape index (κ1) is 16.7. The molecule has 2 aromatic rings. The van der Waals surface area contributed by atoms with E-state index in [0.29, 0.717) is 36.0 Å². The summed E-state index contributed by atoms with van der Waals surface area (Å²) in [7, 11) is 0. The van der Waals surface area contributed by atoms with E-state index in [4.69, 9.17) is 0 Å². The van der Waals surface area contributed by atoms with Crippen LogP contribution in [0.4, 0.5) is 5.95 Å². The van der Waals surface area contributed by atoms with Gasteiger partial charge in [-0.2, -0.15) is 0 Å². The molecule has 1 aliphatic heterocycles. The molecule has 0 unspecified atom stereocenters. The number of carbonyl (C=O) groups excluding carboxylic acids is 1. The zero-order chi connectivity index (χ0) is 17.2. The second-order valence-corrected chi connectivity index (χ2v) is 7.02. The maximum absolute atomic E-state index is 12.4. The molecule has 0 spiro atoms. The fourth-order valence-corrected chi connectivity index (χ4v) is 3.42. The van der Waals surface area contributed by atoms with Crippen molar-refractivity contribution in [2.75, 3.05) is 24.5 Å². The normalized spacial score (nSPS) is 20.6. The van der Waals surface area contributed by atoms with Gasteiger partial charge in [-0.05, 0) is 29.9 Å². The van der Waals surface area contributed by atoms with Crippen LogP contribution in [0, 0.1) is 0 Å². The molecule has 1 amide bonds. The van der Waals surface area contributed by atoms with Gasteiger partial charge in [-0.15, -0.1) is 5.10 Å². The van der Waals surface area contributed by atoms with Crippen molar-refractivity contribution < 1.29 is 9.90 Å². The lowest BCUT2D eigenvalue weighted by Crippen LogP contribution is -2.45. The molecule has 0 saturated carbocycles. The Labute approximate surface area is 144 Å². The number of hydrogen-bond donors (Lipinski definition) is 2. The second kappa shape index (κ2) is 6.78. The third-order valence-electron chi connectivity index (χ3n) is 4.01. The number of anilines is 1. The summed E-state index contributed by atoms with van der Waals surface area (Å²) in [5.74, 6) is 0.481. The van der Waals surface area contributed by atoms with E-state index in [-0.39, 0.29) is 18.4 Å². The maximum Gasteiger partial charge on any atom is 0.265 e. The third-order valence-corrected chi connectivity index (χ3v) is 4.75. The van der Waals surface area contributed by atoms with Crippen LogP contribution >= 0.6 is 11.5 Å². The van der Waals surface area contributed by atoms with Crippen LogP contribution in [0.3, 0.4) is 0 Å². The van der Waals surface area contributed by atoms with E-state index in [9.17, 15) is 9.90 Å². The van der Waals surface area contributed by atoms with Crippen molar-refractivity contribution in [3.8, 4) is 0 Å². The van der Waals surface area contributed by atoms with Crippen molar-refractivity contribution in [2.24, 2.45) is 0 Å². The molecule has 2 N–H and O–H groups in total. The first-order valence-electron chi connectivity index (χ1n) is 7.83. The van der Waals surface area contributed by atoms with E-state index in [0.717, 1.165) is 11.5 Å². The van der Waals surface area contributed by atoms with Crippen molar-refractivity contribution in [1.29, 1.82) is 0 Å². The quantitative estimate of drug-likeness (QED) is 0.824. The van der Waals surface area contributed by atoms with Gasteiger partial charge in [0.1, 0.15) is 10.5 Å². The Kier molecular flexibility index (Phi) is 4.72. The molecule has 0 aromatic carbocycles. The number of carbonyl (C=O) groups is 1. The number of hydrogen-bond acceptors (Lipinski definition) is 8. The average Bonchev–Trinajstić information content (AvgIpc) is 3.21. The lowest BCUT2D eigenvalue weighted by Gasteiger charge is -2.23. The molecule has 8 nitrogen and oxygen atoms in total. The van der Waals surface area contributed by atoms with Crippen LogP contribution in [0.1, 0.15) is 41.6 Å². The highest BCUT2D eigenvalue weighted by atomic mass is 32.1. The minimum atomic E-state index is -0.995. The number of β-amino-alcohol motifs (C(OH)–C–C–N with tert-alkyl or cyclic N) is 1. The van der Waals surface area contributed by atoms with E-state index >= 15 is 0 Å². The number of nitrogens with one attached hydrogen (secondary N) is 1. The van der Waals surface area contributed by atoms with Crippen LogP contribution in [0.2, 0.25) is 0 Å². The van der Waals surface area contributed by atoms with Crippen LogP contribution < -0.4 is 10.2 Å². The summed E-state index contributed by atoms with van der Waals surface area (Å²) in [6.07, 6.45) is 3.89. The predicted octanol–water partition coefficient (Wildman–Crippen LogP) is 0.823. The number of rotatable bonds is 5. The highest BCUT2D eigenvalue weighted by Gasteiger charge is 2.37. The molecule has 0 radical (unpaired) electrons. The van der Waals surface area contributed by atoms with Gasteiger partial charge in [0.25, 0.3) is 5.91 Å². The van der Waals surface area contributed by atoms with Gasteiger partial charge in [0.2, 0.25) is 5.95 Å². The zero-order valence-electron chi connectivity index (χ0n) is 13.6. The maximum atomic E-state index is 12.4. The molecule has 0 bridgehead atoms. The average molecular weight is 348 g/mol. The van der Waals surface area contributed by atoms with Gasteiger partial charge in [0.05, 0.1) is 12.2 Å². The summed E-state index contributed by atoms with van der Waals surface area (Å²) in [6.45, 7) is 5.14. The Morgan fingerprint density at radius 3 is 2.92 bits per heavy atom. The minimum Gasteiger partial charge on any atom is -0.386 e. The molecule has 0 aliphatic carbocycles. The minimum absolute atomic E-state index is 0.129. The molecular formula is C15H20N6O2S. The van der Waals surface area contributed by atoms with Crippen molar-refractivity contribution in [1.82, 2.24) is 24.9 Å². The monoisotopic (exact) mass is 348 g/mol. The number of aromatic nitrogens is 4. The molecule has 24 heavy (non-hydrogen) atoms. The smallest absolute Gasteiger partial charge is 0.265 e. The third kappa shape index (κ3) is 3.51. The molecule has 2 aromatic heterocycles. The topological polar surface area (TPSA) is 104 Å². The zero-order valence-corrected chi connectivity index (χ0v) is 14.5. The summed E-state index contributed by atoms with van der Waals surface area (Å²) < 4.78 is 3.86. The van der Waals surface area contributed by atoms with Crippen molar-refractivity contribution in [3.63, 3.8) is 0 Å². The van der Waals surface area contributed by atoms with Crippen molar-refractivity contribution in [3.05, 3.63) is 29.0 Å². The van der Waals surface area contributed by atoms with Crippen molar-refractivity contribution in [2.45, 2.75) is 31.8 Å². The first-order chi connectivity index (χ1) is 11.5. The summed E-state index contributed by atoms with van der Waals surface area (Å²) >= 11 is 1.08. The standard InChI is InChI=1S/C15H20N6O2S/c1-10(2)11-12(24-20-19-11)13(22)18-8-15(23)4-7-21(9-15)14-16-5-3-6-17-14/h3,5-6,10,23H,4,7-9H2,1-2H3,(H,18,22)/t15-/m1/s1. The number of aliphatic hydroxyl groups is 1. The Morgan fingerprint density at radius 2 is 2.21 bits per heavy atom. The molecule has 3 rings (SSSR count).